The molecule has 0 heterocycles. The van der Waals surface area contributed by atoms with Gasteiger partial charge in [0.05, 0.1) is 11.3 Å². The molecule has 5 nitrogen and oxygen atoms in total. The van der Waals surface area contributed by atoms with E-state index in [1.54, 1.807) is 12.1 Å². The van der Waals surface area contributed by atoms with Crippen LogP contribution in [0.3, 0.4) is 0 Å². The number of para-hydroxylation sites is 1. The van der Waals surface area contributed by atoms with Crippen molar-refractivity contribution in [2.75, 3.05) is 16.7 Å². The number of anilines is 2. The standard InChI is InChI=1S/C14H13N3O2S2/c1-20-13-5-3-2-4-12(13)17-21(18,19)14-7-6-11(16)8-10(14)9-15/h2-8,17H,16H2,1H3. The molecule has 0 amide bonds. The van der Waals surface area contributed by atoms with Crippen LogP contribution in [-0.4, -0.2) is 14.7 Å². The first-order chi connectivity index (χ1) is 9.97. The van der Waals surface area contributed by atoms with Crippen molar-refractivity contribution in [3.63, 3.8) is 0 Å². The summed E-state index contributed by atoms with van der Waals surface area (Å²) in [6, 6.07) is 13.0. The Morgan fingerprint density at radius 3 is 2.62 bits per heavy atom. The SMILES string of the molecule is CSc1ccccc1NS(=O)(=O)c1ccc(N)cc1C#N. The Morgan fingerprint density at radius 2 is 1.95 bits per heavy atom. The van der Waals surface area contributed by atoms with E-state index in [2.05, 4.69) is 4.72 Å². The van der Waals surface area contributed by atoms with E-state index in [1.807, 2.05) is 24.5 Å². The third kappa shape index (κ3) is 3.29. The van der Waals surface area contributed by atoms with Gasteiger partial charge in [-0.1, -0.05) is 12.1 Å². The second-order valence-electron chi connectivity index (χ2n) is 4.17. The lowest BCUT2D eigenvalue weighted by atomic mass is 10.2. The van der Waals surface area contributed by atoms with Crippen LogP contribution in [0, 0.1) is 11.3 Å². The molecule has 0 spiro atoms. The number of benzene rings is 2. The van der Waals surface area contributed by atoms with Crippen LogP contribution in [0.5, 0.6) is 0 Å². The van der Waals surface area contributed by atoms with E-state index in [4.69, 9.17) is 11.0 Å². The zero-order chi connectivity index (χ0) is 15.5. The molecule has 0 aliphatic carbocycles. The maximum atomic E-state index is 12.4. The highest BCUT2D eigenvalue weighted by Gasteiger charge is 2.20. The number of nitrogen functional groups attached to an aromatic ring is 1. The van der Waals surface area contributed by atoms with Gasteiger partial charge in [0.15, 0.2) is 0 Å². The van der Waals surface area contributed by atoms with Gasteiger partial charge in [-0.3, -0.25) is 4.72 Å². The van der Waals surface area contributed by atoms with Gasteiger partial charge in [-0.15, -0.1) is 11.8 Å². The first-order valence-corrected chi connectivity index (χ1v) is 8.64. The number of nitrogens with zero attached hydrogens (tertiary/aromatic N) is 1. The van der Waals surface area contributed by atoms with Crippen molar-refractivity contribution in [1.82, 2.24) is 0 Å². The second kappa shape index (κ2) is 6.08. The zero-order valence-electron chi connectivity index (χ0n) is 11.2. The summed E-state index contributed by atoms with van der Waals surface area (Å²) < 4.78 is 27.4. The van der Waals surface area contributed by atoms with Crippen molar-refractivity contribution >= 4 is 33.2 Å². The second-order valence-corrected chi connectivity index (χ2v) is 6.67. The lowest BCUT2D eigenvalue weighted by Gasteiger charge is -2.12. The number of hydrogen-bond acceptors (Lipinski definition) is 5. The molecule has 0 atom stereocenters. The summed E-state index contributed by atoms with van der Waals surface area (Å²) >= 11 is 1.43. The van der Waals surface area contributed by atoms with Crippen molar-refractivity contribution < 1.29 is 8.42 Å². The number of nitriles is 1. The minimum atomic E-state index is -3.85. The Morgan fingerprint density at radius 1 is 1.24 bits per heavy atom. The normalized spacial score (nSPS) is 10.9. The molecule has 2 aromatic rings. The molecule has 0 saturated carbocycles. The van der Waals surface area contributed by atoms with Gasteiger partial charge in [0.25, 0.3) is 10.0 Å². The molecule has 21 heavy (non-hydrogen) atoms. The first-order valence-electron chi connectivity index (χ1n) is 5.93. The highest BCUT2D eigenvalue weighted by atomic mass is 32.2. The largest absolute Gasteiger partial charge is 0.399 e. The average Bonchev–Trinajstić information content (AvgIpc) is 2.47. The molecule has 3 N–H and O–H groups in total. The van der Waals surface area contributed by atoms with Crippen LogP contribution in [0.2, 0.25) is 0 Å². The highest BCUT2D eigenvalue weighted by molar-refractivity contribution is 7.99. The number of sulfonamides is 1. The van der Waals surface area contributed by atoms with Crippen LogP contribution >= 0.6 is 11.8 Å². The van der Waals surface area contributed by atoms with Crippen molar-refractivity contribution in [3.05, 3.63) is 48.0 Å². The van der Waals surface area contributed by atoms with Gasteiger partial charge in [0, 0.05) is 10.6 Å². The van der Waals surface area contributed by atoms with E-state index < -0.39 is 10.0 Å². The monoisotopic (exact) mass is 319 g/mol. The maximum absolute atomic E-state index is 12.4. The van der Waals surface area contributed by atoms with E-state index in [9.17, 15) is 8.42 Å². The molecule has 2 aromatic carbocycles. The number of nitrogens with one attached hydrogen (secondary N) is 1. The van der Waals surface area contributed by atoms with E-state index in [1.165, 1.54) is 30.0 Å². The van der Waals surface area contributed by atoms with Crippen molar-refractivity contribution in [3.8, 4) is 6.07 Å². The fraction of sp³-hybridized carbons (Fsp3) is 0.0714. The topological polar surface area (TPSA) is 96.0 Å². The van der Waals surface area contributed by atoms with Crippen LogP contribution in [0.25, 0.3) is 0 Å². The summed E-state index contributed by atoms with van der Waals surface area (Å²) in [5, 5.41) is 9.07. The van der Waals surface area contributed by atoms with Gasteiger partial charge in [-0.2, -0.15) is 5.26 Å². The smallest absolute Gasteiger partial charge is 0.263 e. The predicted molar refractivity (Wildman–Crippen MR) is 84.6 cm³/mol. The number of thioether (sulfide) groups is 1. The molecule has 0 aliphatic heterocycles. The predicted octanol–water partition coefficient (Wildman–Crippen LogP) is 2.66. The quantitative estimate of drug-likeness (QED) is 0.667. The van der Waals surface area contributed by atoms with Gasteiger partial charge < -0.3 is 5.73 Å². The Bertz CT molecular complexity index is 811. The third-order valence-corrected chi connectivity index (χ3v) is 4.98. The molecular weight excluding hydrogens is 306 g/mol. The zero-order valence-corrected chi connectivity index (χ0v) is 12.8. The van der Waals surface area contributed by atoms with Gasteiger partial charge in [0.1, 0.15) is 11.0 Å². The average molecular weight is 319 g/mol. The summed E-state index contributed by atoms with van der Waals surface area (Å²) in [6.45, 7) is 0. The minimum absolute atomic E-state index is 0.0177. The van der Waals surface area contributed by atoms with Crippen molar-refractivity contribution in [2.45, 2.75) is 9.79 Å². The molecule has 7 heteroatoms. The Balaban J connectivity index is 2.47. The summed E-state index contributed by atoms with van der Waals surface area (Å²) in [5.41, 5.74) is 6.41. The van der Waals surface area contributed by atoms with Gasteiger partial charge >= 0.3 is 0 Å². The molecule has 0 fully saturated rings. The molecule has 0 saturated heterocycles. The number of rotatable bonds is 4. The molecule has 0 aromatic heterocycles. The van der Waals surface area contributed by atoms with E-state index in [0.717, 1.165) is 4.90 Å². The summed E-state index contributed by atoms with van der Waals surface area (Å²) in [7, 11) is -3.85. The fourth-order valence-electron chi connectivity index (χ4n) is 1.80. The number of nitrogens with two attached hydrogens (primary N) is 1. The summed E-state index contributed by atoms with van der Waals surface area (Å²) in [4.78, 5) is 0.713. The lowest BCUT2D eigenvalue weighted by molar-refractivity contribution is 0.601. The molecule has 2 rings (SSSR count). The van der Waals surface area contributed by atoms with Gasteiger partial charge in [-0.05, 0) is 36.6 Å². The first kappa shape index (κ1) is 15.2. The summed E-state index contributed by atoms with van der Waals surface area (Å²) in [6.07, 6.45) is 1.86. The van der Waals surface area contributed by atoms with Crippen LogP contribution in [0.4, 0.5) is 11.4 Å². The molecule has 0 radical (unpaired) electrons. The van der Waals surface area contributed by atoms with Crippen molar-refractivity contribution in [1.29, 1.82) is 5.26 Å². The van der Waals surface area contributed by atoms with Crippen LogP contribution in [0.1, 0.15) is 5.56 Å². The van der Waals surface area contributed by atoms with Gasteiger partial charge in [-0.25, -0.2) is 8.42 Å². The fourth-order valence-corrected chi connectivity index (χ4v) is 3.63. The molecule has 0 bridgehead atoms. The maximum Gasteiger partial charge on any atom is 0.263 e. The molecular formula is C14H13N3O2S2. The minimum Gasteiger partial charge on any atom is -0.399 e. The van der Waals surface area contributed by atoms with E-state index >= 15 is 0 Å². The third-order valence-electron chi connectivity index (χ3n) is 2.76. The molecule has 108 valence electrons. The van der Waals surface area contributed by atoms with E-state index in [-0.39, 0.29) is 10.5 Å². The van der Waals surface area contributed by atoms with Crippen LogP contribution in [0.15, 0.2) is 52.3 Å². The van der Waals surface area contributed by atoms with E-state index in [0.29, 0.717) is 11.4 Å². The van der Waals surface area contributed by atoms with Gasteiger partial charge in [0.2, 0.25) is 0 Å². The molecule has 0 aliphatic rings. The lowest BCUT2D eigenvalue weighted by Crippen LogP contribution is -2.15. The van der Waals surface area contributed by atoms with Crippen LogP contribution < -0.4 is 10.5 Å². The Labute approximate surface area is 127 Å². The Hall–Kier alpha value is -2.17. The number of hydrogen-bond donors (Lipinski definition) is 2. The van der Waals surface area contributed by atoms with Crippen LogP contribution in [-0.2, 0) is 10.0 Å². The van der Waals surface area contributed by atoms with Crippen molar-refractivity contribution in [2.24, 2.45) is 0 Å². The molecule has 0 unspecified atom stereocenters. The summed E-state index contributed by atoms with van der Waals surface area (Å²) in [5.74, 6) is 0. The highest BCUT2D eigenvalue weighted by Crippen LogP contribution is 2.28. The Kier molecular flexibility index (Phi) is 4.40.